The van der Waals surface area contributed by atoms with E-state index in [1.165, 1.54) is 32.1 Å². The van der Waals surface area contributed by atoms with E-state index in [9.17, 15) is 4.79 Å². The van der Waals surface area contributed by atoms with Crippen LogP contribution in [0.3, 0.4) is 0 Å². The zero-order valence-electron chi connectivity index (χ0n) is 12.6. The Morgan fingerprint density at radius 3 is 2.86 bits per heavy atom. The number of carbonyl (C=O) groups excluding carboxylic acids is 1. The fraction of sp³-hybridized carbons (Fsp3) is 0.500. The predicted octanol–water partition coefficient (Wildman–Crippen LogP) is 4.45. The summed E-state index contributed by atoms with van der Waals surface area (Å²) in [6, 6.07) is 3.69. The second-order valence-corrected chi connectivity index (χ2v) is 6.78. The van der Waals surface area contributed by atoms with Crippen molar-refractivity contribution in [2.75, 3.05) is 5.32 Å². The third kappa shape index (κ3) is 3.61. The third-order valence-electron chi connectivity index (χ3n) is 4.20. The maximum Gasteiger partial charge on any atom is 0.292 e. The van der Waals surface area contributed by atoms with Crippen molar-refractivity contribution in [3.63, 3.8) is 0 Å². The van der Waals surface area contributed by atoms with Gasteiger partial charge in [-0.05, 0) is 41.3 Å². The summed E-state index contributed by atoms with van der Waals surface area (Å²) in [7, 11) is 0. The van der Waals surface area contributed by atoms with Crippen LogP contribution < -0.4 is 5.32 Å². The zero-order chi connectivity index (χ0) is 15.5. The van der Waals surface area contributed by atoms with Gasteiger partial charge in [-0.1, -0.05) is 32.1 Å². The second kappa shape index (κ2) is 6.69. The fourth-order valence-electron chi connectivity index (χ4n) is 3.07. The van der Waals surface area contributed by atoms with E-state index in [1.807, 2.05) is 13.0 Å². The Morgan fingerprint density at radius 1 is 1.41 bits per heavy atom. The molecule has 118 valence electrons. The van der Waals surface area contributed by atoms with Gasteiger partial charge in [0.15, 0.2) is 16.2 Å². The van der Waals surface area contributed by atoms with Crippen LogP contribution in [0.4, 0.5) is 5.82 Å². The Kier molecular flexibility index (Phi) is 4.66. The van der Waals surface area contributed by atoms with Crippen molar-refractivity contribution in [3.8, 4) is 0 Å². The van der Waals surface area contributed by atoms with Crippen molar-refractivity contribution in [1.82, 2.24) is 10.2 Å². The average Bonchev–Trinajstić information content (AvgIpc) is 3.06. The molecule has 3 rings (SSSR count). The Morgan fingerprint density at radius 2 is 2.18 bits per heavy atom. The maximum absolute atomic E-state index is 12.2. The Bertz CT molecular complexity index is 656. The Hall–Kier alpha value is -1.56. The summed E-state index contributed by atoms with van der Waals surface area (Å²) in [5, 5.41) is 9.97. The Labute approximate surface area is 138 Å². The van der Waals surface area contributed by atoms with Crippen molar-refractivity contribution in [1.29, 1.82) is 0 Å². The largest absolute Gasteiger partial charge is 0.444 e. The van der Waals surface area contributed by atoms with Gasteiger partial charge in [0.1, 0.15) is 0 Å². The molecule has 0 aromatic carbocycles. The highest BCUT2D eigenvalue weighted by molar-refractivity contribution is 9.10. The van der Waals surface area contributed by atoms with E-state index in [4.69, 9.17) is 4.42 Å². The van der Waals surface area contributed by atoms with E-state index >= 15 is 0 Å². The number of amides is 1. The second-order valence-electron chi connectivity index (χ2n) is 6.00. The van der Waals surface area contributed by atoms with Gasteiger partial charge in [0.2, 0.25) is 0 Å². The molecule has 1 aliphatic rings. The number of hydrogen-bond acceptors (Lipinski definition) is 3. The van der Waals surface area contributed by atoms with Gasteiger partial charge in [0.25, 0.3) is 5.91 Å². The molecule has 2 N–H and O–H groups in total. The van der Waals surface area contributed by atoms with Gasteiger partial charge < -0.3 is 9.73 Å². The lowest BCUT2D eigenvalue weighted by Gasteiger charge is -2.20. The molecule has 0 bridgehead atoms. The summed E-state index contributed by atoms with van der Waals surface area (Å²) < 4.78 is 5.89. The quantitative estimate of drug-likeness (QED) is 0.840. The van der Waals surface area contributed by atoms with Gasteiger partial charge >= 0.3 is 0 Å². The number of aromatic amines is 1. The van der Waals surface area contributed by atoms with Gasteiger partial charge in [0.05, 0.1) is 0 Å². The molecule has 0 spiro atoms. The zero-order valence-corrected chi connectivity index (χ0v) is 14.2. The number of hydrogen-bond donors (Lipinski definition) is 2. The topological polar surface area (TPSA) is 70.9 Å². The molecule has 0 saturated heterocycles. The van der Waals surface area contributed by atoms with Crippen LogP contribution in [-0.4, -0.2) is 16.1 Å². The van der Waals surface area contributed by atoms with Gasteiger partial charge in [-0.2, -0.15) is 5.10 Å². The molecule has 2 heterocycles. The number of aromatic nitrogens is 2. The molecular weight excluding hydrogens is 346 g/mol. The van der Waals surface area contributed by atoms with Crippen LogP contribution >= 0.6 is 15.9 Å². The number of carbonyl (C=O) groups is 1. The van der Waals surface area contributed by atoms with Crippen molar-refractivity contribution in [3.05, 3.63) is 33.8 Å². The predicted molar refractivity (Wildman–Crippen MR) is 88.0 cm³/mol. The van der Waals surface area contributed by atoms with Crippen LogP contribution in [0.5, 0.6) is 0 Å². The summed E-state index contributed by atoms with van der Waals surface area (Å²) in [6.45, 7) is 1.84. The highest BCUT2D eigenvalue weighted by Crippen LogP contribution is 2.27. The summed E-state index contributed by atoms with van der Waals surface area (Å²) in [5.74, 6) is 1.31. The molecular formula is C16H20BrN3O2. The monoisotopic (exact) mass is 365 g/mol. The number of halogens is 1. The molecule has 2 aromatic rings. The number of rotatable bonds is 4. The molecule has 0 atom stereocenters. The number of furan rings is 1. The van der Waals surface area contributed by atoms with Crippen LogP contribution in [-0.2, 0) is 6.42 Å². The number of aryl methyl sites for hydroxylation is 1. The first-order chi connectivity index (χ1) is 10.6. The Balaban J connectivity index is 1.61. The van der Waals surface area contributed by atoms with Crippen molar-refractivity contribution >= 4 is 27.7 Å². The summed E-state index contributed by atoms with van der Waals surface area (Å²) in [5.41, 5.74) is 1.88. The lowest BCUT2D eigenvalue weighted by Crippen LogP contribution is -2.12. The molecule has 0 aliphatic heterocycles. The minimum absolute atomic E-state index is 0.279. The molecule has 1 aliphatic carbocycles. The van der Waals surface area contributed by atoms with E-state index in [-0.39, 0.29) is 5.91 Å². The third-order valence-corrected chi connectivity index (χ3v) is 4.59. The molecule has 1 amide bonds. The highest BCUT2D eigenvalue weighted by atomic mass is 79.9. The smallest absolute Gasteiger partial charge is 0.292 e. The van der Waals surface area contributed by atoms with Crippen LogP contribution in [0.1, 0.15) is 53.9 Å². The molecule has 1 fully saturated rings. The van der Waals surface area contributed by atoms with E-state index in [0.29, 0.717) is 16.2 Å². The maximum atomic E-state index is 12.2. The van der Waals surface area contributed by atoms with Gasteiger partial charge in [-0.25, -0.2) is 0 Å². The normalized spacial score (nSPS) is 15.9. The minimum Gasteiger partial charge on any atom is -0.444 e. The lowest BCUT2D eigenvalue weighted by molar-refractivity contribution is 0.0994. The number of H-pyrrole nitrogens is 1. The van der Waals surface area contributed by atoms with Crippen LogP contribution in [0, 0.1) is 12.8 Å². The van der Waals surface area contributed by atoms with Crippen LogP contribution in [0.25, 0.3) is 0 Å². The van der Waals surface area contributed by atoms with E-state index < -0.39 is 0 Å². The van der Waals surface area contributed by atoms with E-state index in [0.717, 1.165) is 23.6 Å². The van der Waals surface area contributed by atoms with Crippen LogP contribution in [0.2, 0.25) is 0 Å². The van der Waals surface area contributed by atoms with Gasteiger partial charge in [0, 0.05) is 17.3 Å². The van der Waals surface area contributed by atoms with E-state index in [1.54, 1.807) is 6.07 Å². The van der Waals surface area contributed by atoms with Crippen molar-refractivity contribution < 1.29 is 9.21 Å². The summed E-state index contributed by atoms with van der Waals surface area (Å²) >= 11 is 3.23. The molecule has 5 nitrogen and oxygen atoms in total. The van der Waals surface area contributed by atoms with Gasteiger partial charge in [-0.15, -0.1) is 0 Å². The molecule has 2 aromatic heterocycles. The number of anilines is 1. The molecule has 1 saturated carbocycles. The fourth-order valence-corrected chi connectivity index (χ4v) is 3.58. The minimum atomic E-state index is -0.279. The first-order valence-corrected chi connectivity index (χ1v) is 8.52. The number of nitrogens with one attached hydrogen (secondary N) is 2. The number of nitrogens with zero attached hydrogens (tertiary/aromatic N) is 1. The molecule has 0 radical (unpaired) electrons. The summed E-state index contributed by atoms with van der Waals surface area (Å²) in [6.07, 6.45) is 7.61. The van der Waals surface area contributed by atoms with Crippen LogP contribution in [0.15, 0.2) is 21.2 Å². The average molecular weight is 366 g/mol. The first-order valence-electron chi connectivity index (χ1n) is 7.73. The van der Waals surface area contributed by atoms with Crippen molar-refractivity contribution in [2.24, 2.45) is 5.92 Å². The highest BCUT2D eigenvalue weighted by Gasteiger charge is 2.18. The summed E-state index contributed by atoms with van der Waals surface area (Å²) in [4.78, 5) is 12.2. The standard InChI is InChI=1S/C16H20BrN3O2/c1-10-7-13(17)22-15(10)16(21)18-14-9-12(19-20-14)8-11-5-3-2-4-6-11/h7,9,11H,2-6,8H2,1H3,(H2,18,19,20,21). The first kappa shape index (κ1) is 15.3. The SMILES string of the molecule is Cc1cc(Br)oc1C(=O)Nc1cc(CC2CCCCC2)[nH]n1. The van der Waals surface area contributed by atoms with E-state index in [2.05, 4.69) is 31.4 Å². The molecule has 0 unspecified atom stereocenters. The molecule has 6 heteroatoms. The molecule has 22 heavy (non-hydrogen) atoms. The van der Waals surface area contributed by atoms with Gasteiger partial charge in [-0.3, -0.25) is 9.89 Å². The van der Waals surface area contributed by atoms with Crippen molar-refractivity contribution in [2.45, 2.75) is 45.4 Å². The lowest BCUT2D eigenvalue weighted by atomic mass is 9.86.